The molecule has 0 amide bonds. The highest BCUT2D eigenvalue weighted by Crippen LogP contribution is 2.29. The summed E-state index contributed by atoms with van der Waals surface area (Å²) in [5, 5.41) is 11.6. The molecule has 0 atom stereocenters. The Morgan fingerprint density at radius 2 is 2.03 bits per heavy atom. The van der Waals surface area contributed by atoms with Crippen LogP contribution in [0.4, 0.5) is 10.2 Å². The van der Waals surface area contributed by atoms with Gasteiger partial charge in [0.1, 0.15) is 30.3 Å². The highest BCUT2D eigenvalue weighted by atomic mass is 19.1. The van der Waals surface area contributed by atoms with Gasteiger partial charge in [-0.3, -0.25) is 9.38 Å². The molecule has 4 heterocycles. The molecule has 1 aliphatic heterocycles. The molecule has 1 aromatic carbocycles. The van der Waals surface area contributed by atoms with E-state index in [9.17, 15) is 4.39 Å². The molecule has 9 heteroatoms. The molecule has 0 saturated heterocycles. The Morgan fingerprint density at radius 3 is 2.82 bits per heavy atom. The lowest BCUT2D eigenvalue weighted by molar-refractivity contribution is 0.279. The largest absolute Gasteiger partial charge is 0.496 e. The van der Waals surface area contributed by atoms with Gasteiger partial charge in [-0.1, -0.05) is 6.07 Å². The third-order valence-corrected chi connectivity index (χ3v) is 5.46. The van der Waals surface area contributed by atoms with Gasteiger partial charge < -0.3 is 14.8 Å². The molecule has 0 saturated carbocycles. The van der Waals surface area contributed by atoms with Gasteiger partial charge in [0, 0.05) is 35.6 Å². The number of halogens is 1. The third kappa shape index (κ3) is 3.97. The van der Waals surface area contributed by atoms with E-state index in [0.29, 0.717) is 29.5 Å². The average Bonchev–Trinajstić information content (AvgIpc) is 3.45. The van der Waals surface area contributed by atoms with Gasteiger partial charge in [-0.05, 0) is 44.2 Å². The standard InChI is InChI=1S/C24H23FN6O2/c1-24(2)13-33-23(29-24)16-9-15(10-26-11-16)17-7-8-21(31-14-28-30-22(17)31)27-12-18-19(25)5-4-6-20(18)32-3/h4-11,14,27H,12-13H2,1-3H3. The van der Waals surface area contributed by atoms with Crippen LogP contribution >= 0.6 is 0 Å². The zero-order valence-electron chi connectivity index (χ0n) is 18.5. The third-order valence-electron chi connectivity index (χ3n) is 5.46. The highest BCUT2D eigenvalue weighted by molar-refractivity contribution is 5.96. The van der Waals surface area contributed by atoms with E-state index < -0.39 is 0 Å². The lowest BCUT2D eigenvalue weighted by Gasteiger charge is -2.14. The van der Waals surface area contributed by atoms with Crippen molar-refractivity contribution in [1.29, 1.82) is 0 Å². The van der Waals surface area contributed by atoms with Crippen LogP contribution in [0.1, 0.15) is 25.0 Å². The van der Waals surface area contributed by atoms with E-state index in [1.54, 1.807) is 30.9 Å². The van der Waals surface area contributed by atoms with Crippen molar-refractivity contribution in [3.63, 3.8) is 0 Å². The highest BCUT2D eigenvalue weighted by Gasteiger charge is 2.27. The van der Waals surface area contributed by atoms with Gasteiger partial charge in [-0.25, -0.2) is 9.38 Å². The molecule has 168 valence electrons. The smallest absolute Gasteiger partial charge is 0.218 e. The Labute approximate surface area is 190 Å². The Bertz CT molecular complexity index is 1360. The quantitative estimate of drug-likeness (QED) is 0.480. The predicted molar refractivity (Wildman–Crippen MR) is 123 cm³/mol. The topological polar surface area (TPSA) is 85.9 Å². The van der Waals surface area contributed by atoms with Gasteiger partial charge in [-0.2, -0.15) is 0 Å². The van der Waals surface area contributed by atoms with Crippen LogP contribution < -0.4 is 10.1 Å². The molecule has 0 fully saturated rings. The normalized spacial score (nSPS) is 14.7. The first-order valence-corrected chi connectivity index (χ1v) is 10.5. The summed E-state index contributed by atoms with van der Waals surface area (Å²) in [4.78, 5) is 9.02. The maximum absolute atomic E-state index is 14.3. The monoisotopic (exact) mass is 446 g/mol. The second-order valence-corrected chi connectivity index (χ2v) is 8.41. The van der Waals surface area contributed by atoms with E-state index in [4.69, 9.17) is 9.47 Å². The molecular weight excluding hydrogens is 423 g/mol. The molecule has 0 unspecified atom stereocenters. The summed E-state index contributed by atoms with van der Waals surface area (Å²) in [6, 6.07) is 10.6. The van der Waals surface area contributed by atoms with Crippen LogP contribution in [0.15, 0.2) is 60.1 Å². The van der Waals surface area contributed by atoms with Crippen molar-refractivity contribution >= 4 is 17.4 Å². The van der Waals surface area contributed by atoms with Crippen molar-refractivity contribution in [2.75, 3.05) is 19.0 Å². The number of ether oxygens (including phenoxy) is 2. The second-order valence-electron chi connectivity index (χ2n) is 8.41. The summed E-state index contributed by atoms with van der Waals surface area (Å²) in [6.07, 6.45) is 5.12. The Kier molecular flexibility index (Phi) is 5.16. The molecule has 3 aromatic heterocycles. The van der Waals surface area contributed by atoms with Gasteiger partial charge in [0.2, 0.25) is 5.90 Å². The molecule has 0 bridgehead atoms. The number of aromatic nitrogens is 4. The molecule has 1 N–H and O–H groups in total. The summed E-state index contributed by atoms with van der Waals surface area (Å²) in [5.41, 5.74) is 3.37. The summed E-state index contributed by atoms with van der Waals surface area (Å²) >= 11 is 0. The number of pyridine rings is 2. The minimum Gasteiger partial charge on any atom is -0.496 e. The van der Waals surface area contributed by atoms with Crippen LogP contribution in [0.3, 0.4) is 0 Å². The van der Waals surface area contributed by atoms with Crippen LogP contribution in [-0.2, 0) is 11.3 Å². The Hall–Kier alpha value is -4.01. The maximum Gasteiger partial charge on any atom is 0.218 e. The van der Waals surface area contributed by atoms with Crippen molar-refractivity contribution < 1.29 is 13.9 Å². The van der Waals surface area contributed by atoms with Crippen LogP contribution in [0.5, 0.6) is 5.75 Å². The fourth-order valence-corrected chi connectivity index (χ4v) is 3.80. The molecule has 33 heavy (non-hydrogen) atoms. The van der Waals surface area contributed by atoms with Crippen molar-refractivity contribution in [2.45, 2.75) is 25.9 Å². The van der Waals surface area contributed by atoms with Crippen LogP contribution in [0.25, 0.3) is 16.8 Å². The molecule has 0 aliphatic carbocycles. The van der Waals surface area contributed by atoms with Gasteiger partial charge in [0.05, 0.1) is 18.2 Å². The number of hydrogen-bond donors (Lipinski definition) is 1. The maximum atomic E-state index is 14.3. The summed E-state index contributed by atoms with van der Waals surface area (Å²) in [6.45, 7) is 4.83. The minimum absolute atomic E-state index is 0.243. The number of nitrogens with one attached hydrogen (secondary N) is 1. The molecule has 0 radical (unpaired) electrons. The van der Waals surface area contributed by atoms with Crippen molar-refractivity contribution in [1.82, 2.24) is 19.6 Å². The molecule has 1 aliphatic rings. The number of anilines is 1. The Morgan fingerprint density at radius 1 is 1.18 bits per heavy atom. The first-order valence-electron chi connectivity index (χ1n) is 10.5. The number of rotatable bonds is 6. The molecule has 5 rings (SSSR count). The van der Waals surface area contributed by atoms with E-state index in [0.717, 1.165) is 22.5 Å². The predicted octanol–water partition coefficient (Wildman–Crippen LogP) is 4.11. The molecule has 4 aromatic rings. The number of nitrogens with zero attached hydrogens (tertiary/aromatic N) is 5. The van der Waals surface area contributed by atoms with E-state index in [-0.39, 0.29) is 17.9 Å². The first kappa shape index (κ1) is 20.9. The fraction of sp³-hybridized carbons (Fsp3) is 0.250. The second kappa shape index (κ2) is 8.16. The fourth-order valence-electron chi connectivity index (χ4n) is 3.80. The zero-order chi connectivity index (χ0) is 23.0. The molecule has 0 spiro atoms. The van der Waals surface area contributed by atoms with Crippen molar-refractivity contribution in [3.05, 3.63) is 72.1 Å². The van der Waals surface area contributed by atoms with E-state index in [1.807, 2.05) is 36.4 Å². The summed E-state index contributed by atoms with van der Waals surface area (Å²) < 4.78 is 27.2. The lowest BCUT2D eigenvalue weighted by Crippen LogP contribution is -2.17. The van der Waals surface area contributed by atoms with E-state index in [2.05, 4.69) is 25.5 Å². The minimum atomic E-state index is -0.332. The van der Waals surface area contributed by atoms with Crippen LogP contribution in [0, 0.1) is 5.82 Å². The average molecular weight is 446 g/mol. The SMILES string of the molecule is COc1cccc(F)c1CNc1ccc(-c2cncc(C3=NC(C)(C)CO3)c2)c2nncn12. The van der Waals surface area contributed by atoms with Crippen molar-refractivity contribution in [2.24, 2.45) is 4.99 Å². The van der Waals surface area contributed by atoms with Crippen LogP contribution in [-0.4, -0.2) is 44.7 Å². The van der Waals surface area contributed by atoms with Gasteiger partial charge in [0.25, 0.3) is 0 Å². The van der Waals surface area contributed by atoms with E-state index >= 15 is 0 Å². The van der Waals surface area contributed by atoms with Crippen LogP contribution in [0.2, 0.25) is 0 Å². The number of aliphatic imine (C=N–C) groups is 1. The number of methoxy groups -OCH3 is 1. The molecular formula is C24H23FN6O2. The number of hydrogen-bond acceptors (Lipinski definition) is 7. The number of benzene rings is 1. The first-order chi connectivity index (χ1) is 15.9. The zero-order valence-corrected chi connectivity index (χ0v) is 18.5. The van der Waals surface area contributed by atoms with Gasteiger partial charge in [0.15, 0.2) is 5.65 Å². The summed E-state index contributed by atoms with van der Waals surface area (Å²) in [7, 11) is 1.52. The number of fused-ring (bicyclic) bond motifs is 1. The van der Waals surface area contributed by atoms with Crippen molar-refractivity contribution in [3.8, 4) is 16.9 Å². The summed E-state index contributed by atoms with van der Waals surface area (Å²) in [5.74, 6) is 1.46. The van der Waals surface area contributed by atoms with Gasteiger partial charge in [-0.15, -0.1) is 10.2 Å². The van der Waals surface area contributed by atoms with Gasteiger partial charge >= 0.3 is 0 Å². The lowest BCUT2D eigenvalue weighted by atomic mass is 10.1. The van der Waals surface area contributed by atoms with E-state index in [1.165, 1.54) is 13.2 Å². The molecule has 8 nitrogen and oxygen atoms in total. The Balaban J connectivity index is 1.47.